The van der Waals surface area contributed by atoms with Gasteiger partial charge in [-0.25, -0.2) is 4.98 Å². The van der Waals surface area contributed by atoms with Crippen LogP contribution in [0.4, 0.5) is 0 Å². The Balaban J connectivity index is 2.80. The second-order valence-electron chi connectivity index (χ2n) is 1.88. The van der Waals surface area contributed by atoms with Crippen molar-refractivity contribution in [3.8, 4) is 0 Å². The molecule has 1 aromatic heterocycles. The zero-order chi connectivity index (χ0) is 8.27. The maximum atomic E-state index is 10.9. The molecule has 0 aromatic carbocycles. The zero-order valence-electron chi connectivity index (χ0n) is 6.05. The van der Waals surface area contributed by atoms with E-state index in [-0.39, 0.29) is 12.5 Å². The van der Waals surface area contributed by atoms with Crippen LogP contribution < -0.4 is 11.1 Å². The molecule has 0 aliphatic heterocycles. The number of nitrogens with zero attached hydrogens (tertiary/aromatic N) is 1. The van der Waals surface area contributed by atoms with Crippen molar-refractivity contribution in [2.75, 3.05) is 7.05 Å². The second-order valence-corrected chi connectivity index (χ2v) is 2.83. The Hall–Kier alpha value is -0.940. The smallest absolute Gasteiger partial charge is 0.270 e. The maximum Gasteiger partial charge on any atom is 0.270 e. The number of rotatable bonds is 2. The van der Waals surface area contributed by atoms with Crippen LogP contribution in [0, 0.1) is 0 Å². The highest BCUT2D eigenvalue weighted by molar-refractivity contribution is 7.09. The largest absolute Gasteiger partial charge is 0.354 e. The number of hydrogen-bond acceptors (Lipinski definition) is 3. The highest BCUT2D eigenvalue weighted by Crippen LogP contribution is 2.08. The van der Waals surface area contributed by atoms with Crippen molar-refractivity contribution in [1.82, 2.24) is 16.0 Å². The molecule has 4 nitrogen and oxygen atoms in total. The van der Waals surface area contributed by atoms with Crippen LogP contribution in [0.25, 0.3) is 0 Å². The summed E-state index contributed by atoms with van der Waals surface area (Å²) < 4.78 is 0. The van der Waals surface area contributed by atoms with Crippen LogP contribution in [0.3, 0.4) is 0 Å². The molecule has 2 N–H and O–H groups in total. The first-order valence-corrected chi connectivity index (χ1v) is 3.97. The number of carbonyl (C=O) groups is 1. The van der Waals surface area contributed by atoms with Gasteiger partial charge in [0.15, 0.2) is 0 Å². The quantitative estimate of drug-likeness (QED) is 0.693. The SMILES string of the molecule is CNC(=O)c1csc(C[NH])n1. The van der Waals surface area contributed by atoms with Gasteiger partial charge >= 0.3 is 0 Å². The molecule has 1 rings (SSSR count). The molecular formula is C6H8N3OS. The molecule has 0 fully saturated rings. The molecule has 1 amide bonds. The van der Waals surface area contributed by atoms with Gasteiger partial charge in [-0.2, -0.15) is 0 Å². The van der Waals surface area contributed by atoms with E-state index in [9.17, 15) is 4.79 Å². The van der Waals surface area contributed by atoms with Gasteiger partial charge in [-0.3, -0.25) is 10.5 Å². The van der Waals surface area contributed by atoms with Gasteiger partial charge < -0.3 is 5.32 Å². The highest BCUT2D eigenvalue weighted by atomic mass is 32.1. The number of aromatic nitrogens is 1. The minimum atomic E-state index is -0.194. The van der Waals surface area contributed by atoms with Crippen LogP contribution in [0.5, 0.6) is 0 Å². The monoisotopic (exact) mass is 170 g/mol. The number of amides is 1. The fourth-order valence-corrected chi connectivity index (χ4v) is 1.27. The zero-order valence-corrected chi connectivity index (χ0v) is 6.86. The molecule has 1 heterocycles. The minimum Gasteiger partial charge on any atom is -0.354 e. The van der Waals surface area contributed by atoms with Gasteiger partial charge in [0.1, 0.15) is 10.7 Å². The Labute approximate surface area is 68.4 Å². The lowest BCUT2D eigenvalue weighted by atomic mass is 10.5. The Morgan fingerprint density at radius 1 is 1.91 bits per heavy atom. The molecule has 0 unspecified atom stereocenters. The van der Waals surface area contributed by atoms with Crippen molar-refractivity contribution in [1.29, 1.82) is 0 Å². The lowest BCUT2D eigenvalue weighted by molar-refractivity contribution is 0.0958. The van der Waals surface area contributed by atoms with Crippen LogP contribution in [0.1, 0.15) is 15.5 Å². The molecule has 11 heavy (non-hydrogen) atoms. The van der Waals surface area contributed by atoms with E-state index >= 15 is 0 Å². The summed E-state index contributed by atoms with van der Waals surface area (Å²) in [6.07, 6.45) is 0. The number of thiazole rings is 1. The van der Waals surface area contributed by atoms with Crippen molar-refractivity contribution in [2.24, 2.45) is 0 Å². The summed E-state index contributed by atoms with van der Waals surface area (Å²) in [4.78, 5) is 14.8. The van der Waals surface area contributed by atoms with Gasteiger partial charge in [-0.15, -0.1) is 11.3 Å². The van der Waals surface area contributed by atoms with Crippen LogP contribution in [-0.4, -0.2) is 17.9 Å². The van der Waals surface area contributed by atoms with Crippen molar-refractivity contribution in [2.45, 2.75) is 6.54 Å². The fourth-order valence-electron chi connectivity index (χ4n) is 0.624. The van der Waals surface area contributed by atoms with Crippen LogP contribution in [-0.2, 0) is 6.54 Å². The van der Waals surface area contributed by atoms with Crippen molar-refractivity contribution in [3.05, 3.63) is 16.1 Å². The Kier molecular flexibility index (Phi) is 2.56. The lowest BCUT2D eigenvalue weighted by Gasteiger charge is -1.90. The standard InChI is InChI=1S/C6H8N3OS/c1-8-6(10)4-3-11-5(2-7)9-4/h3,7H,2H2,1H3,(H,8,10). The molecule has 0 bridgehead atoms. The fraction of sp³-hybridized carbons (Fsp3) is 0.333. The molecule has 1 radical (unpaired) electrons. The third-order valence-corrected chi connectivity index (χ3v) is 2.01. The first-order chi connectivity index (χ1) is 5.27. The summed E-state index contributed by atoms with van der Waals surface area (Å²) in [6, 6.07) is 0. The third kappa shape index (κ3) is 1.75. The predicted octanol–water partition coefficient (Wildman–Crippen LogP) is 0.286. The highest BCUT2D eigenvalue weighted by Gasteiger charge is 2.06. The normalized spacial score (nSPS) is 9.64. The lowest BCUT2D eigenvalue weighted by Crippen LogP contribution is -2.18. The minimum absolute atomic E-state index is 0.141. The Morgan fingerprint density at radius 2 is 2.64 bits per heavy atom. The van der Waals surface area contributed by atoms with E-state index in [0.717, 1.165) is 0 Å². The maximum absolute atomic E-state index is 10.9. The summed E-state index contributed by atoms with van der Waals surface area (Å²) in [6.45, 7) is 0.141. The van der Waals surface area contributed by atoms with Crippen LogP contribution >= 0.6 is 11.3 Å². The van der Waals surface area contributed by atoms with E-state index < -0.39 is 0 Å². The average molecular weight is 170 g/mol. The van der Waals surface area contributed by atoms with E-state index in [2.05, 4.69) is 10.3 Å². The predicted molar refractivity (Wildman–Crippen MR) is 42.3 cm³/mol. The third-order valence-electron chi connectivity index (χ3n) is 1.16. The topological polar surface area (TPSA) is 65.8 Å². The van der Waals surface area contributed by atoms with E-state index in [4.69, 9.17) is 5.73 Å². The van der Waals surface area contributed by atoms with Gasteiger partial charge in [0.2, 0.25) is 0 Å². The molecule has 1 aromatic rings. The van der Waals surface area contributed by atoms with E-state index in [0.29, 0.717) is 10.7 Å². The Morgan fingerprint density at radius 3 is 3.09 bits per heavy atom. The van der Waals surface area contributed by atoms with Crippen LogP contribution in [0.15, 0.2) is 5.38 Å². The van der Waals surface area contributed by atoms with Crippen molar-refractivity contribution in [3.63, 3.8) is 0 Å². The summed E-state index contributed by atoms with van der Waals surface area (Å²) in [5.41, 5.74) is 7.37. The molecule has 0 saturated carbocycles. The van der Waals surface area contributed by atoms with Crippen molar-refractivity contribution < 1.29 is 4.79 Å². The number of nitrogens with one attached hydrogen (secondary N) is 2. The molecule has 0 aliphatic rings. The molecule has 5 heteroatoms. The van der Waals surface area contributed by atoms with Gasteiger partial charge in [0.25, 0.3) is 5.91 Å². The molecule has 59 valence electrons. The van der Waals surface area contributed by atoms with E-state index in [1.165, 1.54) is 11.3 Å². The molecule has 0 spiro atoms. The van der Waals surface area contributed by atoms with Gasteiger partial charge in [-0.05, 0) is 0 Å². The number of hydrogen-bond donors (Lipinski definition) is 1. The summed E-state index contributed by atoms with van der Waals surface area (Å²) >= 11 is 1.33. The van der Waals surface area contributed by atoms with Gasteiger partial charge in [-0.1, -0.05) is 0 Å². The second kappa shape index (κ2) is 3.45. The van der Waals surface area contributed by atoms with Crippen molar-refractivity contribution >= 4 is 17.2 Å². The molecular weight excluding hydrogens is 162 g/mol. The van der Waals surface area contributed by atoms with Crippen LogP contribution in [0.2, 0.25) is 0 Å². The first kappa shape index (κ1) is 8.16. The molecule has 0 saturated heterocycles. The van der Waals surface area contributed by atoms with Gasteiger partial charge in [0, 0.05) is 12.4 Å². The molecule has 0 aliphatic carbocycles. The summed E-state index contributed by atoms with van der Waals surface area (Å²) in [7, 11) is 1.56. The summed E-state index contributed by atoms with van der Waals surface area (Å²) in [5.74, 6) is -0.194. The summed E-state index contributed by atoms with van der Waals surface area (Å²) in [5, 5.41) is 4.79. The van der Waals surface area contributed by atoms with E-state index in [1.807, 2.05) is 0 Å². The average Bonchev–Trinajstić information content (AvgIpc) is 2.50. The first-order valence-electron chi connectivity index (χ1n) is 3.09. The molecule has 0 atom stereocenters. The van der Waals surface area contributed by atoms with Gasteiger partial charge in [0.05, 0.1) is 6.54 Å². The number of carbonyl (C=O) groups excluding carboxylic acids is 1. The van der Waals surface area contributed by atoms with E-state index in [1.54, 1.807) is 12.4 Å². The Bertz CT molecular complexity index is 258.